The first-order valence-electron chi connectivity index (χ1n) is 17.5. The highest BCUT2D eigenvalue weighted by Crippen LogP contribution is 2.47. The van der Waals surface area contributed by atoms with Crippen molar-refractivity contribution in [3.63, 3.8) is 0 Å². The van der Waals surface area contributed by atoms with Gasteiger partial charge in [0.15, 0.2) is 0 Å². The van der Waals surface area contributed by atoms with Crippen molar-refractivity contribution >= 4 is 80.9 Å². The molecule has 0 amide bonds. The fourth-order valence-corrected chi connectivity index (χ4v) is 9.21. The molecule has 0 N–H and O–H groups in total. The summed E-state index contributed by atoms with van der Waals surface area (Å²) in [5, 5.41) is 19.8. The maximum absolute atomic E-state index is 9.87. The molecular weight excluding hydrogens is 649 g/mol. The van der Waals surface area contributed by atoms with Gasteiger partial charge in [0, 0.05) is 26.8 Å². The minimum absolute atomic E-state index is 0.631. The van der Waals surface area contributed by atoms with Crippen LogP contribution in [0.4, 0.5) is 17.1 Å². The Labute approximate surface area is 305 Å². The van der Waals surface area contributed by atoms with Gasteiger partial charge in [-0.1, -0.05) is 140 Å². The first-order chi connectivity index (χ1) is 25.8. The number of nitrogens with zero attached hydrogens (tertiary/aromatic N) is 2. The Hall–Kier alpha value is -6.73. The number of thiophene rings is 1. The molecule has 1 aromatic heterocycles. The standard InChI is InChI=1S/C49H30N2S/c50-31-32-12-9-15-36(30-32)51(45-24-11-23-44-38-17-7-8-25-46(38)52-49(44)45)35-28-26-34(27-29-35)47-40-18-3-5-20-42(40)48(43-21-6-4-19-41(43)47)39-22-10-14-33-13-1-2-16-37(33)39/h1-30H. The van der Waals surface area contributed by atoms with Crippen LogP contribution in [-0.4, -0.2) is 0 Å². The molecule has 3 heteroatoms. The highest BCUT2D eigenvalue weighted by molar-refractivity contribution is 7.26. The Morgan fingerprint density at radius 3 is 1.75 bits per heavy atom. The minimum Gasteiger partial charge on any atom is -0.309 e. The molecule has 10 aromatic rings. The van der Waals surface area contributed by atoms with Gasteiger partial charge in [-0.05, 0) is 97.0 Å². The van der Waals surface area contributed by atoms with Gasteiger partial charge in [-0.15, -0.1) is 11.3 Å². The SMILES string of the molecule is N#Cc1cccc(N(c2ccc(-c3c4ccccc4c(-c4cccc5ccccc45)c4ccccc34)cc2)c2cccc3c2sc2ccccc23)c1. The molecule has 242 valence electrons. The Kier molecular flexibility index (Phi) is 7.09. The summed E-state index contributed by atoms with van der Waals surface area (Å²) in [5.74, 6) is 0. The van der Waals surface area contributed by atoms with Crippen LogP contribution in [0.5, 0.6) is 0 Å². The van der Waals surface area contributed by atoms with Crippen molar-refractivity contribution in [1.82, 2.24) is 0 Å². The first kappa shape index (κ1) is 30.1. The van der Waals surface area contributed by atoms with E-state index in [1.165, 1.54) is 69.2 Å². The van der Waals surface area contributed by atoms with E-state index >= 15 is 0 Å². The van der Waals surface area contributed by atoms with E-state index in [1.54, 1.807) is 0 Å². The maximum Gasteiger partial charge on any atom is 0.0992 e. The van der Waals surface area contributed by atoms with Crippen LogP contribution in [0.25, 0.3) is 74.7 Å². The van der Waals surface area contributed by atoms with Gasteiger partial charge in [0.2, 0.25) is 0 Å². The molecule has 10 rings (SSSR count). The number of hydrogen-bond acceptors (Lipinski definition) is 3. The lowest BCUT2D eigenvalue weighted by Gasteiger charge is -2.26. The van der Waals surface area contributed by atoms with Crippen molar-refractivity contribution in [3.05, 3.63) is 188 Å². The Balaban J connectivity index is 1.19. The predicted molar refractivity (Wildman–Crippen MR) is 222 cm³/mol. The molecule has 2 nitrogen and oxygen atoms in total. The van der Waals surface area contributed by atoms with Crippen LogP contribution in [0.15, 0.2) is 182 Å². The normalized spacial score (nSPS) is 11.4. The molecule has 52 heavy (non-hydrogen) atoms. The summed E-state index contributed by atoms with van der Waals surface area (Å²) in [7, 11) is 0. The molecule has 0 saturated heterocycles. The van der Waals surface area contributed by atoms with Crippen LogP contribution < -0.4 is 4.90 Å². The van der Waals surface area contributed by atoms with Crippen molar-refractivity contribution in [2.24, 2.45) is 0 Å². The molecular formula is C49H30N2S. The number of hydrogen-bond donors (Lipinski definition) is 0. The van der Waals surface area contributed by atoms with Gasteiger partial charge in [-0.25, -0.2) is 0 Å². The van der Waals surface area contributed by atoms with E-state index in [4.69, 9.17) is 0 Å². The second-order valence-electron chi connectivity index (χ2n) is 13.2. The molecule has 0 radical (unpaired) electrons. The molecule has 0 unspecified atom stereocenters. The lowest BCUT2D eigenvalue weighted by atomic mass is 9.85. The summed E-state index contributed by atoms with van der Waals surface area (Å²) in [6, 6.07) is 67.3. The van der Waals surface area contributed by atoms with Gasteiger partial charge in [0.05, 0.1) is 22.0 Å². The van der Waals surface area contributed by atoms with E-state index in [2.05, 4.69) is 175 Å². The van der Waals surface area contributed by atoms with Gasteiger partial charge in [-0.2, -0.15) is 5.26 Å². The molecule has 0 fully saturated rings. The summed E-state index contributed by atoms with van der Waals surface area (Å²) in [6.45, 7) is 0. The molecule has 0 spiro atoms. The van der Waals surface area contributed by atoms with Crippen LogP contribution in [0.2, 0.25) is 0 Å². The average molecular weight is 679 g/mol. The summed E-state index contributed by atoms with van der Waals surface area (Å²) >= 11 is 1.81. The second kappa shape index (κ2) is 12.2. The van der Waals surface area contributed by atoms with Gasteiger partial charge in [0.25, 0.3) is 0 Å². The predicted octanol–water partition coefficient (Wildman–Crippen LogP) is 14.2. The van der Waals surface area contributed by atoms with Crippen LogP contribution in [0.1, 0.15) is 5.56 Å². The smallest absolute Gasteiger partial charge is 0.0992 e. The minimum atomic E-state index is 0.631. The zero-order valence-electron chi connectivity index (χ0n) is 28.1. The van der Waals surface area contributed by atoms with E-state index in [-0.39, 0.29) is 0 Å². The third-order valence-corrected chi connectivity index (χ3v) is 11.5. The maximum atomic E-state index is 9.87. The van der Waals surface area contributed by atoms with Gasteiger partial charge in [0.1, 0.15) is 0 Å². The lowest BCUT2D eigenvalue weighted by molar-refractivity contribution is 1.30. The van der Waals surface area contributed by atoms with E-state index in [0.717, 1.165) is 22.6 Å². The fraction of sp³-hybridized carbons (Fsp3) is 0. The monoisotopic (exact) mass is 678 g/mol. The Morgan fingerprint density at radius 1 is 0.442 bits per heavy atom. The molecule has 0 bridgehead atoms. The quantitative estimate of drug-likeness (QED) is 0.169. The Bertz CT molecular complexity index is 2980. The summed E-state index contributed by atoms with van der Waals surface area (Å²) in [6.07, 6.45) is 0. The average Bonchev–Trinajstić information content (AvgIpc) is 3.60. The van der Waals surface area contributed by atoms with Gasteiger partial charge in [-0.3, -0.25) is 0 Å². The molecule has 0 saturated carbocycles. The van der Waals surface area contributed by atoms with E-state index in [1.807, 2.05) is 29.5 Å². The van der Waals surface area contributed by atoms with E-state index < -0.39 is 0 Å². The molecule has 0 atom stereocenters. The van der Waals surface area contributed by atoms with Crippen molar-refractivity contribution in [2.45, 2.75) is 0 Å². The lowest BCUT2D eigenvalue weighted by Crippen LogP contribution is -2.10. The van der Waals surface area contributed by atoms with Crippen molar-refractivity contribution < 1.29 is 0 Å². The van der Waals surface area contributed by atoms with Crippen LogP contribution in [0, 0.1) is 11.3 Å². The number of rotatable bonds is 5. The number of fused-ring (bicyclic) bond motifs is 6. The highest BCUT2D eigenvalue weighted by atomic mass is 32.1. The van der Waals surface area contributed by atoms with Gasteiger partial charge < -0.3 is 4.90 Å². The van der Waals surface area contributed by atoms with E-state index in [0.29, 0.717) is 5.56 Å². The third-order valence-electron chi connectivity index (χ3n) is 10.3. The van der Waals surface area contributed by atoms with Crippen LogP contribution in [0.3, 0.4) is 0 Å². The van der Waals surface area contributed by atoms with Gasteiger partial charge >= 0.3 is 0 Å². The fourth-order valence-electron chi connectivity index (χ4n) is 8.00. The topological polar surface area (TPSA) is 27.0 Å². The van der Waals surface area contributed by atoms with Crippen LogP contribution >= 0.6 is 11.3 Å². The number of nitriles is 1. The van der Waals surface area contributed by atoms with Crippen molar-refractivity contribution in [3.8, 4) is 28.3 Å². The largest absolute Gasteiger partial charge is 0.309 e. The van der Waals surface area contributed by atoms with E-state index in [9.17, 15) is 5.26 Å². The molecule has 0 aliphatic rings. The second-order valence-corrected chi connectivity index (χ2v) is 14.2. The molecule has 9 aromatic carbocycles. The first-order valence-corrected chi connectivity index (χ1v) is 18.3. The van der Waals surface area contributed by atoms with Crippen molar-refractivity contribution in [1.29, 1.82) is 5.26 Å². The van der Waals surface area contributed by atoms with Crippen LogP contribution in [-0.2, 0) is 0 Å². The zero-order valence-corrected chi connectivity index (χ0v) is 28.9. The summed E-state index contributed by atoms with van der Waals surface area (Å²) in [5.41, 5.74) is 8.61. The highest BCUT2D eigenvalue weighted by Gasteiger charge is 2.21. The molecule has 1 heterocycles. The number of benzene rings is 9. The molecule has 0 aliphatic heterocycles. The zero-order chi connectivity index (χ0) is 34.6. The molecule has 0 aliphatic carbocycles. The Morgan fingerprint density at radius 2 is 1.02 bits per heavy atom. The van der Waals surface area contributed by atoms with Crippen molar-refractivity contribution in [2.75, 3.05) is 4.90 Å². The summed E-state index contributed by atoms with van der Waals surface area (Å²) in [4.78, 5) is 2.29. The third kappa shape index (κ3) is 4.77. The summed E-state index contributed by atoms with van der Waals surface area (Å²) < 4.78 is 2.48. The number of anilines is 3.